The van der Waals surface area contributed by atoms with Crippen molar-refractivity contribution in [1.29, 1.82) is 0 Å². The van der Waals surface area contributed by atoms with E-state index in [0.717, 1.165) is 36.6 Å². The molecule has 4 rings (SSSR count). The summed E-state index contributed by atoms with van der Waals surface area (Å²) in [5.74, 6) is -0.351. The Labute approximate surface area is 252 Å². The second kappa shape index (κ2) is 17.4. The maximum Gasteiger partial charge on any atom is 0.410 e. The first-order valence-corrected chi connectivity index (χ1v) is 13.8. The Morgan fingerprint density at radius 1 is 0.825 bits per heavy atom. The number of Topliss-reactive ketones (excluding diaryl/α,β-unsaturated/α-hetero) is 2. The van der Waals surface area contributed by atoms with Crippen molar-refractivity contribution in [2.45, 2.75) is 51.0 Å². The number of likely N-dealkylation sites (tertiary alicyclic amines) is 2. The third kappa shape index (κ3) is 9.69. The van der Waals surface area contributed by atoms with Crippen molar-refractivity contribution in [2.75, 3.05) is 18.4 Å². The minimum absolute atomic E-state index is 0. The van der Waals surface area contributed by atoms with E-state index in [2.05, 4.69) is 20.7 Å². The quantitative estimate of drug-likeness (QED) is 0.167. The van der Waals surface area contributed by atoms with Crippen molar-refractivity contribution in [3.8, 4) is 0 Å². The van der Waals surface area contributed by atoms with Crippen molar-refractivity contribution in [1.82, 2.24) is 9.80 Å². The van der Waals surface area contributed by atoms with E-state index in [4.69, 9.17) is 15.0 Å². The largest absolute Gasteiger partial charge is 0.445 e. The number of amides is 2. The molecule has 2 amide bonds. The molecule has 2 aromatic carbocycles. The van der Waals surface area contributed by atoms with Gasteiger partial charge in [-0.05, 0) is 36.8 Å². The predicted octanol–water partition coefficient (Wildman–Crippen LogP) is 4.99. The molecule has 2 fully saturated rings. The molecule has 2 saturated heterocycles. The standard InChI is InChI=1S/C14H16BrNO3.C14H15N3O3.BrH/c15-9-13(17)12-7-4-8-16(12)14(18)19-10-11-5-2-1-3-6-11;15-16-9-13(18)12-7-4-8-17(12)14(19)20-10-11-5-2-1-3-6-11;/h1-3,5-6,12H,4,7-10H2;1-3,5-6,9,12H,4,7-8,10H2;1H/t2*12-;/m00./s1. The maximum absolute atomic E-state index is 12.0. The molecular formula is C28H32Br2N4O6. The van der Waals surface area contributed by atoms with Crippen LogP contribution in [0, 0.1) is 0 Å². The molecule has 12 heteroatoms. The van der Waals surface area contributed by atoms with Gasteiger partial charge in [0.2, 0.25) is 0 Å². The van der Waals surface area contributed by atoms with Crippen LogP contribution in [0.25, 0.3) is 5.53 Å². The Bertz CT molecular complexity index is 1180. The zero-order valence-electron chi connectivity index (χ0n) is 21.9. The van der Waals surface area contributed by atoms with Crippen LogP contribution in [0.1, 0.15) is 36.8 Å². The Balaban J connectivity index is 0.000000274. The summed E-state index contributed by atoms with van der Waals surface area (Å²) in [6.45, 7) is 1.48. The Hall–Kier alpha value is -3.34. The molecule has 0 saturated carbocycles. The van der Waals surface area contributed by atoms with Gasteiger partial charge in [0.15, 0.2) is 5.78 Å². The van der Waals surface area contributed by atoms with E-state index in [1.165, 1.54) is 9.80 Å². The number of ketones is 2. The van der Waals surface area contributed by atoms with Crippen LogP contribution in [0.2, 0.25) is 0 Å². The number of halogens is 2. The fourth-order valence-electron chi connectivity index (χ4n) is 4.44. The highest BCUT2D eigenvalue weighted by atomic mass is 79.9. The van der Waals surface area contributed by atoms with Crippen LogP contribution in [0.3, 0.4) is 0 Å². The number of hydrogen-bond donors (Lipinski definition) is 0. The van der Waals surface area contributed by atoms with Crippen LogP contribution in [-0.4, -0.2) is 75.1 Å². The SMILES string of the molecule is Br.O=C(CBr)[C@@H]1CCCN1C(=O)OCc1ccccc1.[N-]=[N+]=CC(=O)[C@@H]1CCCN1C(=O)OCc1ccccc1. The van der Waals surface area contributed by atoms with Gasteiger partial charge in [-0.1, -0.05) is 76.6 Å². The first-order valence-electron chi connectivity index (χ1n) is 12.7. The monoisotopic (exact) mass is 678 g/mol. The molecule has 0 aliphatic carbocycles. The van der Waals surface area contributed by atoms with Gasteiger partial charge in [-0.15, -0.1) is 17.0 Å². The average Bonchev–Trinajstić information content (AvgIpc) is 3.67. The predicted molar refractivity (Wildman–Crippen MR) is 157 cm³/mol. The number of alkyl halides is 1. The van der Waals surface area contributed by atoms with E-state index in [-0.39, 0.29) is 53.1 Å². The maximum atomic E-state index is 12.0. The van der Waals surface area contributed by atoms with Crippen LogP contribution in [0.15, 0.2) is 60.7 Å². The lowest BCUT2D eigenvalue weighted by Crippen LogP contribution is -2.41. The summed E-state index contributed by atoms with van der Waals surface area (Å²) in [5.41, 5.74) is 10.2. The molecular weight excluding hydrogens is 648 g/mol. The molecule has 2 atom stereocenters. The van der Waals surface area contributed by atoms with E-state index in [0.29, 0.717) is 19.5 Å². The number of carbonyl (C=O) groups is 4. The van der Waals surface area contributed by atoms with Gasteiger partial charge in [0, 0.05) is 13.1 Å². The van der Waals surface area contributed by atoms with Gasteiger partial charge in [0.1, 0.15) is 19.3 Å². The molecule has 2 heterocycles. The van der Waals surface area contributed by atoms with Gasteiger partial charge < -0.3 is 15.0 Å². The summed E-state index contributed by atoms with van der Waals surface area (Å²) in [5, 5.41) is 0.278. The summed E-state index contributed by atoms with van der Waals surface area (Å²) >= 11 is 3.15. The van der Waals surface area contributed by atoms with E-state index in [1.807, 2.05) is 60.7 Å². The van der Waals surface area contributed by atoms with E-state index < -0.39 is 18.2 Å². The molecule has 0 radical (unpaired) electrons. The smallest absolute Gasteiger partial charge is 0.410 e. The molecule has 214 valence electrons. The van der Waals surface area contributed by atoms with Crippen molar-refractivity contribution in [2.24, 2.45) is 0 Å². The Kier molecular flexibility index (Phi) is 14.3. The van der Waals surface area contributed by atoms with Crippen molar-refractivity contribution >= 4 is 62.9 Å². The second-order valence-electron chi connectivity index (χ2n) is 9.03. The molecule has 2 aliphatic heterocycles. The lowest BCUT2D eigenvalue weighted by Gasteiger charge is -2.22. The molecule has 0 aromatic heterocycles. The van der Waals surface area contributed by atoms with Crippen molar-refractivity contribution in [3.05, 3.63) is 77.3 Å². The summed E-state index contributed by atoms with van der Waals surface area (Å²) in [4.78, 5) is 53.0. The number of benzene rings is 2. The van der Waals surface area contributed by atoms with Gasteiger partial charge in [-0.3, -0.25) is 19.4 Å². The number of carbonyl (C=O) groups excluding carboxylic acids is 4. The van der Waals surface area contributed by atoms with Crippen LogP contribution in [-0.2, 0) is 32.3 Å². The number of hydrogen-bond acceptors (Lipinski definition) is 6. The van der Waals surface area contributed by atoms with Gasteiger partial charge in [-0.2, -0.15) is 4.79 Å². The molecule has 2 aromatic rings. The zero-order chi connectivity index (χ0) is 28.0. The molecule has 0 bridgehead atoms. The first kappa shape index (κ1) is 32.9. The zero-order valence-corrected chi connectivity index (χ0v) is 25.2. The third-order valence-corrected chi connectivity index (χ3v) is 6.95. The first-order chi connectivity index (χ1) is 18.9. The summed E-state index contributed by atoms with van der Waals surface area (Å²) in [6.07, 6.45) is 2.78. The van der Waals surface area contributed by atoms with E-state index in [1.54, 1.807) is 0 Å². The van der Waals surface area contributed by atoms with E-state index in [9.17, 15) is 19.2 Å². The number of nitrogens with zero attached hydrogens (tertiary/aromatic N) is 4. The molecule has 2 aliphatic rings. The lowest BCUT2D eigenvalue weighted by atomic mass is 10.1. The summed E-state index contributed by atoms with van der Waals surface area (Å²) in [6, 6.07) is 17.9. The fraction of sp³-hybridized carbons (Fsp3) is 0.393. The average molecular weight is 680 g/mol. The third-order valence-electron chi connectivity index (χ3n) is 6.40. The molecule has 10 nitrogen and oxygen atoms in total. The van der Waals surface area contributed by atoms with Gasteiger partial charge in [-0.25, -0.2) is 9.59 Å². The van der Waals surface area contributed by atoms with Crippen LogP contribution < -0.4 is 0 Å². The van der Waals surface area contributed by atoms with Gasteiger partial charge in [0.25, 0.3) is 5.78 Å². The van der Waals surface area contributed by atoms with E-state index >= 15 is 0 Å². The second-order valence-corrected chi connectivity index (χ2v) is 9.59. The van der Waals surface area contributed by atoms with Crippen molar-refractivity contribution in [3.63, 3.8) is 0 Å². The highest BCUT2D eigenvalue weighted by Crippen LogP contribution is 2.21. The minimum Gasteiger partial charge on any atom is -0.445 e. The number of ether oxygens (including phenoxy) is 2. The van der Waals surface area contributed by atoms with Crippen LogP contribution >= 0.6 is 32.9 Å². The molecule has 0 spiro atoms. The van der Waals surface area contributed by atoms with Crippen LogP contribution in [0.4, 0.5) is 9.59 Å². The molecule has 0 unspecified atom stereocenters. The highest BCUT2D eigenvalue weighted by Gasteiger charge is 2.36. The topological polar surface area (TPSA) is 130 Å². The number of rotatable bonds is 8. The Morgan fingerprint density at radius 2 is 1.27 bits per heavy atom. The lowest BCUT2D eigenvalue weighted by molar-refractivity contribution is -0.120. The van der Waals surface area contributed by atoms with Crippen molar-refractivity contribution < 1.29 is 33.4 Å². The summed E-state index contributed by atoms with van der Waals surface area (Å²) in [7, 11) is 0. The van der Waals surface area contributed by atoms with Gasteiger partial charge in [0.05, 0.1) is 11.4 Å². The molecule has 0 N–H and O–H groups in total. The fourth-order valence-corrected chi connectivity index (χ4v) is 4.81. The van der Waals surface area contributed by atoms with Crippen LogP contribution in [0.5, 0.6) is 0 Å². The Morgan fingerprint density at radius 3 is 1.73 bits per heavy atom. The highest BCUT2D eigenvalue weighted by molar-refractivity contribution is 9.09. The molecule has 40 heavy (non-hydrogen) atoms. The minimum atomic E-state index is -0.589. The van der Waals surface area contributed by atoms with Gasteiger partial charge >= 0.3 is 18.4 Å². The summed E-state index contributed by atoms with van der Waals surface area (Å²) < 4.78 is 10.5. The normalized spacial score (nSPS) is 17.4.